The zero-order chi connectivity index (χ0) is 17.5. The van der Waals surface area contributed by atoms with Crippen LogP contribution in [0.15, 0.2) is 12.2 Å². The number of carbonyl (C=O) groups is 2. The Morgan fingerprint density at radius 3 is 1.78 bits per heavy atom. The van der Waals surface area contributed by atoms with Crippen LogP contribution >= 0.6 is 0 Å². The predicted molar refractivity (Wildman–Crippen MR) is 93.1 cm³/mol. The van der Waals surface area contributed by atoms with E-state index in [1.54, 1.807) is 0 Å². The molecule has 0 atom stereocenters. The number of hydrogen-bond donors (Lipinski definition) is 0. The van der Waals surface area contributed by atoms with Crippen molar-refractivity contribution in [2.45, 2.75) is 97.7 Å². The maximum atomic E-state index is 11.3. The summed E-state index contributed by atoms with van der Waals surface area (Å²) in [6, 6.07) is 0. The van der Waals surface area contributed by atoms with Gasteiger partial charge in [0.1, 0.15) is 0 Å². The van der Waals surface area contributed by atoms with Crippen LogP contribution in [-0.4, -0.2) is 24.1 Å². The molecule has 0 fully saturated rings. The van der Waals surface area contributed by atoms with Crippen LogP contribution in [0.4, 0.5) is 0 Å². The van der Waals surface area contributed by atoms with Crippen LogP contribution in [0.1, 0.15) is 85.5 Å². The summed E-state index contributed by atoms with van der Waals surface area (Å²) < 4.78 is 10.2. The van der Waals surface area contributed by atoms with E-state index in [1.807, 2.05) is 27.7 Å². The predicted octanol–water partition coefficient (Wildman–Crippen LogP) is 4.96. The minimum absolute atomic E-state index is 0.0125. The lowest BCUT2D eigenvalue weighted by Crippen LogP contribution is -2.10. The van der Waals surface area contributed by atoms with E-state index in [0.717, 1.165) is 38.5 Å². The maximum Gasteiger partial charge on any atom is 0.306 e. The van der Waals surface area contributed by atoms with Gasteiger partial charge in [0.05, 0.1) is 12.2 Å². The molecular weight excluding hydrogens is 292 g/mol. The van der Waals surface area contributed by atoms with E-state index in [1.165, 1.54) is 6.42 Å². The average molecular weight is 326 g/mol. The Labute approximate surface area is 141 Å². The van der Waals surface area contributed by atoms with Crippen molar-refractivity contribution in [1.82, 2.24) is 0 Å². The van der Waals surface area contributed by atoms with E-state index >= 15 is 0 Å². The highest BCUT2D eigenvalue weighted by molar-refractivity contribution is 5.69. The van der Waals surface area contributed by atoms with Crippen molar-refractivity contribution in [3.05, 3.63) is 12.2 Å². The van der Waals surface area contributed by atoms with Crippen molar-refractivity contribution in [3.8, 4) is 0 Å². The second-order valence-corrected chi connectivity index (χ2v) is 6.39. The van der Waals surface area contributed by atoms with Crippen LogP contribution < -0.4 is 0 Å². The van der Waals surface area contributed by atoms with Crippen LogP contribution in [0.2, 0.25) is 0 Å². The van der Waals surface area contributed by atoms with Crippen LogP contribution in [-0.2, 0) is 19.1 Å². The Balaban J connectivity index is 3.34. The van der Waals surface area contributed by atoms with Crippen LogP contribution in [0.25, 0.3) is 0 Å². The number of unbranched alkanes of at least 4 members (excludes halogenated alkanes) is 5. The molecule has 0 aliphatic carbocycles. The Hall–Kier alpha value is -1.32. The highest BCUT2D eigenvalue weighted by Crippen LogP contribution is 2.09. The monoisotopic (exact) mass is 326 g/mol. The second kappa shape index (κ2) is 14.3. The fourth-order valence-corrected chi connectivity index (χ4v) is 2.14. The van der Waals surface area contributed by atoms with E-state index in [9.17, 15) is 9.59 Å². The van der Waals surface area contributed by atoms with Gasteiger partial charge < -0.3 is 9.47 Å². The van der Waals surface area contributed by atoms with Crippen molar-refractivity contribution < 1.29 is 19.1 Å². The highest BCUT2D eigenvalue weighted by atomic mass is 16.5. The molecule has 0 radical (unpaired) electrons. The van der Waals surface area contributed by atoms with Crippen molar-refractivity contribution in [1.29, 1.82) is 0 Å². The number of allylic oxidation sites excluding steroid dienone is 2. The Kier molecular flexibility index (Phi) is 13.5. The molecular formula is C19H34O4. The first-order valence-electron chi connectivity index (χ1n) is 8.95. The molecule has 0 saturated heterocycles. The normalized spacial score (nSPS) is 11.4. The summed E-state index contributed by atoms with van der Waals surface area (Å²) >= 11 is 0. The lowest BCUT2D eigenvalue weighted by molar-refractivity contribution is -0.148. The topological polar surface area (TPSA) is 52.6 Å². The van der Waals surface area contributed by atoms with Gasteiger partial charge in [0, 0.05) is 12.8 Å². The molecule has 0 aromatic rings. The Morgan fingerprint density at radius 1 is 0.696 bits per heavy atom. The smallest absolute Gasteiger partial charge is 0.306 e. The number of rotatable bonds is 13. The summed E-state index contributed by atoms with van der Waals surface area (Å²) in [6.07, 6.45) is 12.4. The molecule has 0 spiro atoms. The molecule has 0 unspecified atom stereocenters. The molecule has 0 aromatic heterocycles. The summed E-state index contributed by atoms with van der Waals surface area (Å²) in [6.45, 7) is 7.47. The molecule has 0 N–H and O–H groups in total. The standard InChI is InChI=1S/C19H34O4/c1-16(2)22-18(20)14-12-10-8-6-5-7-9-11-13-15-19(21)23-17(3)4/h8,10,16-17H,5-7,9,11-15H2,1-4H3. The molecule has 0 bridgehead atoms. The minimum Gasteiger partial charge on any atom is -0.463 e. The van der Waals surface area contributed by atoms with E-state index < -0.39 is 0 Å². The fraction of sp³-hybridized carbons (Fsp3) is 0.789. The van der Waals surface area contributed by atoms with Crippen molar-refractivity contribution in [2.75, 3.05) is 0 Å². The third-order valence-electron chi connectivity index (χ3n) is 3.17. The zero-order valence-corrected chi connectivity index (χ0v) is 15.3. The molecule has 0 aliphatic heterocycles. The van der Waals surface area contributed by atoms with E-state index in [0.29, 0.717) is 12.8 Å². The van der Waals surface area contributed by atoms with Gasteiger partial charge in [-0.2, -0.15) is 0 Å². The summed E-state index contributed by atoms with van der Waals surface area (Å²) in [5.74, 6) is -0.209. The molecule has 23 heavy (non-hydrogen) atoms. The Morgan fingerprint density at radius 2 is 1.17 bits per heavy atom. The molecule has 0 heterocycles. The van der Waals surface area contributed by atoms with Gasteiger partial charge in [-0.05, 0) is 53.4 Å². The largest absolute Gasteiger partial charge is 0.463 e. The van der Waals surface area contributed by atoms with Gasteiger partial charge >= 0.3 is 11.9 Å². The summed E-state index contributed by atoms with van der Waals surface area (Å²) in [5.41, 5.74) is 0. The second-order valence-electron chi connectivity index (χ2n) is 6.39. The number of ether oxygens (including phenoxy) is 2. The molecule has 134 valence electrons. The maximum absolute atomic E-state index is 11.3. The van der Waals surface area contributed by atoms with Gasteiger partial charge in [-0.25, -0.2) is 0 Å². The summed E-state index contributed by atoms with van der Waals surface area (Å²) in [4.78, 5) is 22.6. The van der Waals surface area contributed by atoms with E-state index in [4.69, 9.17) is 9.47 Å². The van der Waals surface area contributed by atoms with Gasteiger partial charge in [0.15, 0.2) is 0 Å². The van der Waals surface area contributed by atoms with Gasteiger partial charge in [0.25, 0.3) is 0 Å². The minimum atomic E-state index is -0.124. The van der Waals surface area contributed by atoms with Gasteiger partial charge in [-0.1, -0.05) is 31.4 Å². The highest BCUT2D eigenvalue weighted by Gasteiger charge is 2.04. The summed E-state index contributed by atoms with van der Waals surface area (Å²) in [5, 5.41) is 0. The number of esters is 2. The number of hydrogen-bond acceptors (Lipinski definition) is 4. The van der Waals surface area contributed by atoms with Crippen LogP contribution in [0.5, 0.6) is 0 Å². The van der Waals surface area contributed by atoms with Crippen molar-refractivity contribution in [2.24, 2.45) is 0 Å². The average Bonchev–Trinajstić information content (AvgIpc) is 2.43. The first-order chi connectivity index (χ1) is 10.9. The first-order valence-corrected chi connectivity index (χ1v) is 8.95. The number of carbonyl (C=O) groups excluding carboxylic acids is 2. The molecule has 4 heteroatoms. The third-order valence-corrected chi connectivity index (χ3v) is 3.17. The van der Waals surface area contributed by atoms with Crippen LogP contribution in [0, 0.1) is 0 Å². The van der Waals surface area contributed by atoms with Crippen LogP contribution in [0.3, 0.4) is 0 Å². The molecule has 0 saturated carbocycles. The van der Waals surface area contributed by atoms with Gasteiger partial charge in [-0.15, -0.1) is 0 Å². The SMILES string of the molecule is CC(C)OC(=O)CCC=CCCCCCCCC(=O)OC(C)C. The lowest BCUT2D eigenvalue weighted by atomic mass is 10.1. The molecule has 0 amide bonds. The van der Waals surface area contributed by atoms with Crippen molar-refractivity contribution >= 4 is 11.9 Å². The molecule has 0 rings (SSSR count). The fourth-order valence-electron chi connectivity index (χ4n) is 2.14. The van der Waals surface area contributed by atoms with Crippen molar-refractivity contribution in [3.63, 3.8) is 0 Å². The quantitative estimate of drug-likeness (QED) is 0.273. The first kappa shape index (κ1) is 21.7. The van der Waals surface area contributed by atoms with E-state index in [2.05, 4.69) is 12.2 Å². The summed E-state index contributed by atoms with van der Waals surface area (Å²) in [7, 11) is 0. The molecule has 0 aliphatic rings. The van der Waals surface area contributed by atoms with E-state index in [-0.39, 0.29) is 24.1 Å². The van der Waals surface area contributed by atoms with Gasteiger partial charge in [0.2, 0.25) is 0 Å². The molecule has 0 aromatic carbocycles. The Bertz CT molecular complexity index is 345. The lowest BCUT2D eigenvalue weighted by Gasteiger charge is -2.07. The van der Waals surface area contributed by atoms with Gasteiger partial charge in [-0.3, -0.25) is 9.59 Å². The third kappa shape index (κ3) is 16.9. The molecule has 4 nitrogen and oxygen atoms in total. The zero-order valence-electron chi connectivity index (χ0n) is 15.3.